The lowest BCUT2D eigenvalue weighted by molar-refractivity contribution is -0.131. The third kappa shape index (κ3) is 5.01. The average Bonchev–Trinajstić information content (AvgIpc) is 2.48. The topological polar surface area (TPSA) is 32.3 Å². The molecule has 1 fully saturated rings. The number of piperidine rings is 1. The van der Waals surface area contributed by atoms with E-state index >= 15 is 0 Å². The molecular formula is C17H25ClN2O. The molecule has 0 radical (unpaired) electrons. The fourth-order valence-electron chi connectivity index (χ4n) is 3.01. The van der Waals surface area contributed by atoms with E-state index in [2.05, 4.69) is 12.2 Å². The summed E-state index contributed by atoms with van der Waals surface area (Å²) in [6.07, 6.45) is 3.01. The number of halogens is 1. The van der Waals surface area contributed by atoms with Crippen molar-refractivity contribution in [2.75, 3.05) is 20.1 Å². The van der Waals surface area contributed by atoms with Gasteiger partial charge in [0.15, 0.2) is 0 Å². The van der Waals surface area contributed by atoms with E-state index in [1.165, 1.54) is 12.8 Å². The molecule has 1 aliphatic rings. The molecule has 1 unspecified atom stereocenters. The average molecular weight is 309 g/mol. The molecule has 1 N–H and O–H groups in total. The monoisotopic (exact) mass is 308 g/mol. The SMILES string of the molecule is CC(CC(=O)N(C)Cc1cccc(Cl)c1)C1CCNCC1. The van der Waals surface area contributed by atoms with Crippen LogP contribution >= 0.6 is 11.6 Å². The van der Waals surface area contributed by atoms with Gasteiger partial charge in [0.1, 0.15) is 0 Å². The van der Waals surface area contributed by atoms with Crippen molar-refractivity contribution < 1.29 is 4.79 Å². The van der Waals surface area contributed by atoms with Gasteiger partial charge in [-0.05, 0) is 55.5 Å². The Morgan fingerprint density at radius 2 is 2.14 bits per heavy atom. The Morgan fingerprint density at radius 3 is 2.81 bits per heavy atom. The van der Waals surface area contributed by atoms with Crippen molar-refractivity contribution in [1.29, 1.82) is 0 Å². The van der Waals surface area contributed by atoms with Crippen LogP contribution < -0.4 is 5.32 Å². The van der Waals surface area contributed by atoms with Crippen molar-refractivity contribution in [3.05, 3.63) is 34.9 Å². The minimum Gasteiger partial charge on any atom is -0.341 e. The number of amides is 1. The van der Waals surface area contributed by atoms with Crippen LogP contribution in [0.1, 0.15) is 31.7 Å². The first-order valence-corrected chi connectivity index (χ1v) is 8.13. The summed E-state index contributed by atoms with van der Waals surface area (Å²) in [4.78, 5) is 14.2. The number of nitrogens with one attached hydrogen (secondary N) is 1. The van der Waals surface area contributed by atoms with E-state index in [1.807, 2.05) is 36.2 Å². The summed E-state index contributed by atoms with van der Waals surface area (Å²) in [7, 11) is 1.87. The highest BCUT2D eigenvalue weighted by Crippen LogP contribution is 2.25. The number of carbonyl (C=O) groups excluding carboxylic acids is 1. The molecule has 1 aromatic carbocycles. The molecular weight excluding hydrogens is 284 g/mol. The predicted octanol–water partition coefficient (Wildman–Crippen LogP) is 3.32. The zero-order valence-electron chi connectivity index (χ0n) is 12.9. The van der Waals surface area contributed by atoms with Crippen LogP contribution in [0.4, 0.5) is 0 Å². The Kier molecular flexibility index (Phi) is 6.07. The van der Waals surface area contributed by atoms with Crippen LogP contribution in [0.15, 0.2) is 24.3 Å². The standard InChI is InChI=1S/C17H25ClN2O/c1-13(15-6-8-19-9-7-15)10-17(21)20(2)12-14-4-3-5-16(18)11-14/h3-5,11,13,15,19H,6-10,12H2,1-2H3. The normalized spacial score (nSPS) is 17.5. The van der Waals surface area contributed by atoms with Crippen LogP contribution in [-0.2, 0) is 11.3 Å². The maximum atomic E-state index is 12.4. The van der Waals surface area contributed by atoms with Gasteiger partial charge in [-0.1, -0.05) is 30.7 Å². The summed E-state index contributed by atoms with van der Waals surface area (Å²) in [5.74, 6) is 1.36. The summed E-state index contributed by atoms with van der Waals surface area (Å²) >= 11 is 5.98. The molecule has 1 saturated heterocycles. The Bertz CT molecular complexity index is 472. The van der Waals surface area contributed by atoms with E-state index in [-0.39, 0.29) is 5.91 Å². The van der Waals surface area contributed by atoms with E-state index in [0.29, 0.717) is 24.8 Å². The zero-order chi connectivity index (χ0) is 15.2. The molecule has 0 saturated carbocycles. The van der Waals surface area contributed by atoms with Crippen molar-refractivity contribution in [2.45, 2.75) is 32.7 Å². The summed E-state index contributed by atoms with van der Waals surface area (Å²) in [5.41, 5.74) is 1.08. The molecule has 116 valence electrons. The van der Waals surface area contributed by atoms with Gasteiger partial charge in [-0.15, -0.1) is 0 Å². The van der Waals surface area contributed by atoms with Crippen molar-refractivity contribution in [3.8, 4) is 0 Å². The quantitative estimate of drug-likeness (QED) is 0.905. The van der Waals surface area contributed by atoms with Gasteiger partial charge in [0, 0.05) is 25.0 Å². The van der Waals surface area contributed by atoms with E-state index < -0.39 is 0 Å². The Labute approximate surface area is 132 Å². The maximum absolute atomic E-state index is 12.4. The highest BCUT2D eigenvalue weighted by Gasteiger charge is 2.23. The Balaban J connectivity index is 1.84. The number of rotatable bonds is 5. The van der Waals surface area contributed by atoms with Crippen molar-refractivity contribution in [3.63, 3.8) is 0 Å². The number of nitrogens with zero attached hydrogens (tertiary/aromatic N) is 1. The van der Waals surface area contributed by atoms with Gasteiger partial charge in [-0.2, -0.15) is 0 Å². The maximum Gasteiger partial charge on any atom is 0.222 e. The molecule has 1 heterocycles. The number of benzene rings is 1. The highest BCUT2D eigenvalue weighted by molar-refractivity contribution is 6.30. The second-order valence-electron chi connectivity index (χ2n) is 6.15. The lowest BCUT2D eigenvalue weighted by atomic mass is 9.84. The summed E-state index contributed by atoms with van der Waals surface area (Å²) in [6, 6.07) is 7.70. The number of carbonyl (C=O) groups is 1. The van der Waals surface area contributed by atoms with Crippen molar-refractivity contribution in [1.82, 2.24) is 10.2 Å². The van der Waals surface area contributed by atoms with Gasteiger partial charge in [0.05, 0.1) is 0 Å². The van der Waals surface area contributed by atoms with Crippen molar-refractivity contribution >= 4 is 17.5 Å². The lowest BCUT2D eigenvalue weighted by Gasteiger charge is -2.29. The van der Waals surface area contributed by atoms with Gasteiger partial charge < -0.3 is 10.2 Å². The molecule has 1 aromatic rings. The molecule has 3 nitrogen and oxygen atoms in total. The van der Waals surface area contributed by atoms with Crippen LogP contribution in [-0.4, -0.2) is 30.9 Å². The number of hydrogen-bond acceptors (Lipinski definition) is 2. The molecule has 0 aromatic heterocycles. The first-order chi connectivity index (χ1) is 10.1. The van der Waals surface area contributed by atoms with Gasteiger partial charge in [0.25, 0.3) is 0 Å². The molecule has 1 amide bonds. The third-order valence-corrected chi connectivity index (χ3v) is 4.65. The lowest BCUT2D eigenvalue weighted by Crippen LogP contribution is -2.34. The summed E-state index contributed by atoms with van der Waals surface area (Å²) in [5, 5.41) is 4.09. The molecule has 21 heavy (non-hydrogen) atoms. The third-order valence-electron chi connectivity index (χ3n) is 4.42. The largest absolute Gasteiger partial charge is 0.341 e. The van der Waals surface area contributed by atoms with Gasteiger partial charge in [-0.3, -0.25) is 4.79 Å². The van der Waals surface area contributed by atoms with E-state index in [1.54, 1.807) is 0 Å². The van der Waals surface area contributed by atoms with Crippen LogP contribution in [0.2, 0.25) is 5.02 Å². The van der Waals surface area contributed by atoms with Crippen molar-refractivity contribution in [2.24, 2.45) is 11.8 Å². The molecule has 2 rings (SSSR count). The van der Waals surface area contributed by atoms with E-state index in [0.717, 1.165) is 23.7 Å². The molecule has 1 aliphatic heterocycles. The molecule has 4 heteroatoms. The smallest absolute Gasteiger partial charge is 0.222 e. The second-order valence-corrected chi connectivity index (χ2v) is 6.58. The molecule has 0 aliphatic carbocycles. The van der Waals surface area contributed by atoms with Gasteiger partial charge in [0.2, 0.25) is 5.91 Å². The van der Waals surface area contributed by atoms with Crippen LogP contribution in [0.3, 0.4) is 0 Å². The minimum absolute atomic E-state index is 0.223. The number of hydrogen-bond donors (Lipinski definition) is 1. The minimum atomic E-state index is 0.223. The molecule has 0 bridgehead atoms. The van der Waals surface area contributed by atoms with E-state index in [4.69, 9.17) is 11.6 Å². The van der Waals surface area contributed by atoms with Gasteiger partial charge in [-0.25, -0.2) is 0 Å². The first kappa shape index (κ1) is 16.3. The highest BCUT2D eigenvalue weighted by atomic mass is 35.5. The Morgan fingerprint density at radius 1 is 1.43 bits per heavy atom. The van der Waals surface area contributed by atoms with Crippen LogP contribution in [0, 0.1) is 11.8 Å². The first-order valence-electron chi connectivity index (χ1n) is 7.75. The van der Waals surface area contributed by atoms with Gasteiger partial charge >= 0.3 is 0 Å². The summed E-state index contributed by atoms with van der Waals surface area (Å²) in [6.45, 7) is 5.00. The fraction of sp³-hybridized carbons (Fsp3) is 0.588. The van der Waals surface area contributed by atoms with Crippen LogP contribution in [0.5, 0.6) is 0 Å². The van der Waals surface area contributed by atoms with E-state index in [9.17, 15) is 4.79 Å². The molecule has 1 atom stereocenters. The molecule has 0 spiro atoms. The predicted molar refractivity (Wildman–Crippen MR) is 87.3 cm³/mol. The summed E-state index contributed by atoms with van der Waals surface area (Å²) < 4.78 is 0. The Hall–Kier alpha value is -1.06. The fourth-order valence-corrected chi connectivity index (χ4v) is 3.22. The zero-order valence-corrected chi connectivity index (χ0v) is 13.7. The second kappa shape index (κ2) is 7.81. The van der Waals surface area contributed by atoms with Crippen LogP contribution in [0.25, 0.3) is 0 Å².